The normalized spacial score (nSPS) is 23.0. The van der Waals surface area contributed by atoms with Crippen LogP contribution in [0, 0.1) is 11.3 Å². The van der Waals surface area contributed by atoms with Crippen LogP contribution in [-0.4, -0.2) is 55.9 Å². The lowest BCUT2D eigenvalue weighted by Gasteiger charge is -2.32. The van der Waals surface area contributed by atoms with Gasteiger partial charge in [-0.3, -0.25) is 4.90 Å². The molecule has 0 saturated carbocycles. The average Bonchev–Trinajstić information content (AvgIpc) is 2.87. The van der Waals surface area contributed by atoms with Gasteiger partial charge in [-0.2, -0.15) is 5.26 Å². The number of hydrogen-bond donors (Lipinski definition) is 1. The number of nitriles is 1. The summed E-state index contributed by atoms with van der Waals surface area (Å²) in [5.41, 5.74) is 0.271. The standard InChI is InChI=1S/C20H27BFN3O2/c1-19(2)20(3,4)27-21(26-19)18(22)17(14-25-11-9-24-10-12-25)16-7-5-15(13-23)6-8-16/h5-8,24H,9-12,14H2,1-4H3. The van der Waals surface area contributed by atoms with Crippen molar-refractivity contribution < 1.29 is 13.7 Å². The molecule has 0 aromatic heterocycles. The van der Waals surface area contributed by atoms with Crippen LogP contribution in [-0.2, 0) is 9.31 Å². The zero-order valence-electron chi connectivity index (χ0n) is 16.5. The van der Waals surface area contributed by atoms with Crippen molar-refractivity contribution in [2.45, 2.75) is 38.9 Å². The van der Waals surface area contributed by atoms with E-state index in [1.165, 1.54) is 0 Å². The molecule has 0 unspecified atom stereocenters. The van der Waals surface area contributed by atoms with E-state index in [1.54, 1.807) is 24.3 Å². The molecule has 2 heterocycles. The molecule has 0 spiro atoms. The fourth-order valence-corrected chi connectivity index (χ4v) is 3.23. The van der Waals surface area contributed by atoms with Crippen LogP contribution >= 0.6 is 0 Å². The molecule has 2 aliphatic rings. The van der Waals surface area contributed by atoms with Crippen LogP contribution in [0.1, 0.15) is 38.8 Å². The van der Waals surface area contributed by atoms with E-state index < -0.39 is 24.0 Å². The molecule has 27 heavy (non-hydrogen) atoms. The predicted molar refractivity (Wildman–Crippen MR) is 105 cm³/mol. The fraction of sp³-hybridized carbons (Fsp3) is 0.550. The molecule has 144 valence electrons. The summed E-state index contributed by atoms with van der Waals surface area (Å²) in [5, 5.41) is 12.3. The van der Waals surface area contributed by atoms with E-state index in [0.717, 1.165) is 31.7 Å². The van der Waals surface area contributed by atoms with Crippen LogP contribution in [0.5, 0.6) is 0 Å². The summed E-state index contributed by atoms with van der Waals surface area (Å²) < 4.78 is 27.5. The summed E-state index contributed by atoms with van der Waals surface area (Å²) in [7, 11) is -1.02. The number of nitrogens with one attached hydrogen (secondary N) is 1. The molecule has 3 rings (SSSR count). The lowest BCUT2D eigenvalue weighted by molar-refractivity contribution is 0.00578. The van der Waals surface area contributed by atoms with E-state index >= 15 is 4.39 Å². The van der Waals surface area contributed by atoms with Gasteiger partial charge in [0, 0.05) is 38.3 Å². The Bertz CT molecular complexity index is 733. The van der Waals surface area contributed by atoms with Gasteiger partial charge < -0.3 is 14.6 Å². The molecular weight excluding hydrogens is 344 g/mol. The first-order valence-electron chi connectivity index (χ1n) is 9.41. The maximum Gasteiger partial charge on any atom is 0.525 e. The number of hydrogen-bond acceptors (Lipinski definition) is 5. The van der Waals surface area contributed by atoms with Crippen LogP contribution in [0.15, 0.2) is 30.0 Å². The minimum atomic E-state index is -1.02. The molecule has 0 amide bonds. The number of rotatable bonds is 4. The van der Waals surface area contributed by atoms with Gasteiger partial charge in [-0.1, -0.05) is 12.1 Å². The maximum absolute atomic E-state index is 15.6. The van der Waals surface area contributed by atoms with Gasteiger partial charge in [0.25, 0.3) is 0 Å². The van der Waals surface area contributed by atoms with Crippen LogP contribution in [0.25, 0.3) is 5.57 Å². The van der Waals surface area contributed by atoms with Gasteiger partial charge in [-0.05, 0) is 45.4 Å². The highest BCUT2D eigenvalue weighted by molar-refractivity contribution is 6.55. The number of nitrogens with zero attached hydrogens (tertiary/aromatic N) is 2. The van der Waals surface area contributed by atoms with Gasteiger partial charge in [0.15, 0.2) is 0 Å². The van der Waals surface area contributed by atoms with Crippen LogP contribution in [0.3, 0.4) is 0 Å². The third-order valence-corrected chi connectivity index (χ3v) is 5.70. The van der Waals surface area contributed by atoms with Crippen molar-refractivity contribution in [1.82, 2.24) is 10.2 Å². The third-order valence-electron chi connectivity index (χ3n) is 5.70. The summed E-state index contributed by atoms with van der Waals surface area (Å²) >= 11 is 0. The van der Waals surface area contributed by atoms with Crippen LogP contribution in [0.4, 0.5) is 4.39 Å². The molecule has 1 aromatic carbocycles. The van der Waals surface area contributed by atoms with Crippen molar-refractivity contribution in [1.29, 1.82) is 5.26 Å². The van der Waals surface area contributed by atoms with Gasteiger partial charge in [-0.15, -0.1) is 0 Å². The highest BCUT2D eigenvalue weighted by Gasteiger charge is 2.53. The minimum absolute atomic E-state index is 0.392. The fourth-order valence-electron chi connectivity index (χ4n) is 3.23. The lowest BCUT2D eigenvalue weighted by atomic mass is 9.82. The van der Waals surface area contributed by atoms with Crippen LogP contribution in [0.2, 0.25) is 0 Å². The molecule has 1 aromatic rings. The zero-order valence-corrected chi connectivity index (χ0v) is 16.5. The highest BCUT2D eigenvalue weighted by atomic mass is 19.1. The summed E-state index contributed by atoms with van der Waals surface area (Å²) in [6, 6.07) is 9.11. The third kappa shape index (κ3) is 4.25. The van der Waals surface area contributed by atoms with Gasteiger partial charge >= 0.3 is 7.12 Å². The van der Waals surface area contributed by atoms with E-state index in [9.17, 15) is 0 Å². The molecule has 2 aliphatic heterocycles. The zero-order chi connectivity index (χ0) is 19.7. The van der Waals surface area contributed by atoms with Crippen molar-refractivity contribution in [2.24, 2.45) is 0 Å². The Balaban J connectivity index is 1.94. The Morgan fingerprint density at radius 2 is 1.70 bits per heavy atom. The molecule has 0 aliphatic carbocycles. The largest absolute Gasteiger partial charge is 0.525 e. The molecule has 5 nitrogen and oxygen atoms in total. The first kappa shape index (κ1) is 20.0. The smallest absolute Gasteiger partial charge is 0.398 e. The highest BCUT2D eigenvalue weighted by Crippen LogP contribution is 2.40. The van der Waals surface area contributed by atoms with Crippen molar-refractivity contribution in [3.8, 4) is 6.07 Å². The second kappa shape index (κ2) is 7.73. The monoisotopic (exact) mass is 371 g/mol. The first-order chi connectivity index (χ1) is 12.7. The summed E-state index contributed by atoms with van der Waals surface area (Å²) in [5.74, 6) is 0. The van der Waals surface area contributed by atoms with Gasteiger partial charge in [0.05, 0.1) is 22.8 Å². The topological polar surface area (TPSA) is 57.5 Å². The summed E-state index contributed by atoms with van der Waals surface area (Å²) in [4.78, 5) is 2.22. The van der Waals surface area contributed by atoms with Gasteiger partial charge in [-0.25, -0.2) is 4.39 Å². The van der Waals surface area contributed by atoms with E-state index in [-0.39, 0.29) is 0 Å². The molecule has 0 bridgehead atoms. The van der Waals surface area contributed by atoms with E-state index in [1.807, 2.05) is 27.7 Å². The van der Waals surface area contributed by atoms with Crippen molar-refractivity contribution >= 4 is 12.7 Å². The second-order valence-corrected chi connectivity index (χ2v) is 8.13. The maximum atomic E-state index is 15.6. The first-order valence-corrected chi connectivity index (χ1v) is 9.41. The van der Waals surface area contributed by atoms with Crippen molar-refractivity contribution in [3.05, 3.63) is 41.1 Å². The van der Waals surface area contributed by atoms with Crippen molar-refractivity contribution in [3.63, 3.8) is 0 Å². The van der Waals surface area contributed by atoms with Gasteiger partial charge in [0.1, 0.15) is 5.73 Å². The Kier molecular flexibility index (Phi) is 5.73. The summed E-state index contributed by atoms with van der Waals surface area (Å²) in [6.45, 7) is 11.6. The molecule has 0 radical (unpaired) electrons. The second-order valence-electron chi connectivity index (χ2n) is 8.13. The molecule has 7 heteroatoms. The number of benzene rings is 1. The molecule has 1 N–H and O–H groups in total. The minimum Gasteiger partial charge on any atom is -0.398 e. The van der Waals surface area contributed by atoms with E-state index in [0.29, 0.717) is 17.7 Å². The quantitative estimate of drug-likeness (QED) is 0.825. The number of halogens is 1. The van der Waals surface area contributed by atoms with Gasteiger partial charge in [0.2, 0.25) is 0 Å². The Labute approximate surface area is 161 Å². The van der Waals surface area contributed by atoms with E-state index in [4.69, 9.17) is 14.6 Å². The number of piperazine rings is 1. The SMILES string of the molecule is CC1(C)OB(C(F)=C(CN2CCNCC2)c2ccc(C#N)cc2)OC1(C)C. The Hall–Kier alpha value is -1.72. The molecule has 2 fully saturated rings. The Morgan fingerprint density at radius 3 is 2.22 bits per heavy atom. The Morgan fingerprint density at radius 1 is 1.15 bits per heavy atom. The average molecular weight is 371 g/mol. The predicted octanol–water partition coefficient (Wildman–Crippen LogP) is 2.78. The molecular formula is C20H27BFN3O2. The summed E-state index contributed by atoms with van der Waals surface area (Å²) in [6.07, 6.45) is 0. The van der Waals surface area contributed by atoms with E-state index in [2.05, 4.69) is 16.3 Å². The molecule has 2 saturated heterocycles. The molecule has 0 atom stereocenters. The van der Waals surface area contributed by atoms with Crippen molar-refractivity contribution in [2.75, 3.05) is 32.7 Å². The lowest BCUT2D eigenvalue weighted by Crippen LogP contribution is -2.44. The van der Waals surface area contributed by atoms with Crippen LogP contribution < -0.4 is 5.32 Å².